The lowest BCUT2D eigenvalue weighted by Crippen LogP contribution is -2.39. The van der Waals surface area contributed by atoms with E-state index in [0.717, 1.165) is 11.6 Å². The first-order chi connectivity index (χ1) is 12.2. The van der Waals surface area contributed by atoms with Gasteiger partial charge in [0.15, 0.2) is 6.61 Å². The van der Waals surface area contributed by atoms with Crippen molar-refractivity contribution < 1.29 is 22.3 Å². The summed E-state index contributed by atoms with van der Waals surface area (Å²) in [4.78, 5) is 14.1. The molecule has 1 atom stereocenters. The highest BCUT2D eigenvalue weighted by Gasteiger charge is 2.32. The molecule has 0 aromatic heterocycles. The molecule has 2 N–H and O–H groups in total. The number of benzene rings is 2. The maximum Gasteiger partial charge on any atom is 0.265 e. The molecule has 0 fully saturated rings. The van der Waals surface area contributed by atoms with E-state index in [2.05, 4.69) is 0 Å². The van der Waals surface area contributed by atoms with Gasteiger partial charge in [0.1, 0.15) is 11.6 Å². The van der Waals surface area contributed by atoms with Crippen molar-refractivity contribution >= 4 is 33.2 Å². The Labute approximate surface area is 155 Å². The standard InChI is InChI=1S/C17H16ClFN2O4S/c1-10-6-11-7-13(26(20,23)24)3-4-15(11)21(10)17(22)9-25-16-5-2-12(19)8-14(16)18/h2-5,7-8,10H,6,9H2,1H3,(H2,20,23,24). The fourth-order valence-electron chi connectivity index (χ4n) is 2.97. The van der Waals surface area contributed by atoms with Gasteiger partial charge < -0.3 is 9.64 Å². The molecule has 1 amide bonds. The molecule has 6 nitrogen and oxygen atoms in total. The number of hydrogen-bond donors (Lipinski definition) is 1. The Kier molecular flexibility index (Phi) is 4.92. The molecule has 0 spiro atoms. The number of primary sulfonamides is 1. The first-order valence-corrected chi connectivity index (χ1v) is 9.65. The molecule has 2 aromatic rings. The first kappa shape index (κ1) is 18.6. The van der Waals surface area contributed by atoms with Crippen molar-refractivity contribution in [3.63, 3.8) is 0 Å². The molecule has 0 bridgehead atoms. The second-order valence-corrected chi connectivity index (χ2v) is 7.98. The summed E-state index contributed by atoms with van der Waals surface area (Å²) in [5, 5.41) is 5.22. The van der Waals surface area contributed by atoms with Crippen molar-refractivity contribution in [2.45, 2.75) is 24.3 Å². The van der Waals surface area contributed by atoms with E-state index >= 15 is 0 Å². The van der Waals surface area contributed by atoms with E-state index in [1.54, 1.807) is 11.0 Å². The summed E-state index contributed by atoms with van der Waals surface area (Å²) in [6.45, 7) is 1.56. The van der Waals surface area contributed by atoms with E-state index in [1.165, 1.54) is 24.3 Å². The van der Waals surface area contributed by atoms with Crippen LogP contribution in [0.3, 0.4) is 0 Å². The number of nitrogens with zero attached hydrogens (tertiary/aromatic N) is 1. The van der Waals surface area contributed by atoms with Crippen LogP contribution in [0.25, 0.3) is 0 Å². The molecule has 9 heteroatoms. The maximum absolute atomic E-state index is 13.1. The molecule has 1 aliphatic heterocycles. The average molecular weight is 399 g/mol. The maximum atomic E-state index is 13.1. The molecule has 1 aliphatic rings. The first-order valence-electron chi connectivity index (χ1n) is 7.72. The highest BCUT2D eigenvalue weighted by atomic mass is 35.5. The largest absolute Gasteiger partial charge is 0.482 e. The summed E-state index contributed by atoms with van der Waals surface area (Å²) in [6, 6.07) is 7.88. The van der Waals surface area contributed by atoms with Gasteiger partial charge in [0.25, 0.3) is 5.91 Å². The average Bonchev–Trinajstić information content (AvgIpc) is 2.88. The molecule has 138 valence electrons. The van der Waals surface area contributed by atoms with E-state index in [9.17, 15) is 17.6 Å². The molecule has 1 heterocycles. The van der Waals surface area contributed by atoms with E-state index in [4.69, 9.17) is 21.5 Å². The number of amides is 1. The molecule has 0 saturated heterocycles. The Hall–Kier alpha value is -2.16. The van der Waals surface area contributed by atoms with Crippen molar-refractivity contribution in [3.05, 3.63) is 52.8 Å². The molecule has 3 rings (SSSR count). The number of ether oxygens (including phenoxy) is 1. The van der Waals surface area contributed by atoms with Crippen molar-refractivity contribution in [1.82, 2.24) is 0 Å². The van der Waals surface area contributed by atoms with Crippen LogP contribution in [0.2, 0.25) is 5.02 Å². The van der Waals surface area contributed by atoms with Gasteiger partial charge in [-0.15, -0.1) is 0 Å². The zero-order chi connectivity index (χ0) is 19.1. The lowest BCUT2D eigenvalue weighted by atomic mass is 10.1. The Balaban J connectivity index is 1.79. The Bertz CT molecular complexity index is 981. The van der Waals surface area contributed by atoms with Gasteiger partial charge in [-0.3, -0.25) is 4.79 Å². The number of nitrogens with two attached hydrogens (primary N) is 1. The van der Waals surface area contributed by atoms with E-state index in [1.807, 2.05) is 6.92 Å². The number of halogens is 2. The van der Waals surface area contributed by atoms with Crippen LogP contribution in [-0.4, -0.2) is 27.0 Å². The minimum atomic E-state index is -3.81. The van der Waals surface area contributed by atoms with Crippen molar-refractivity contribution in [1.29, 1.82) is 0 Å². The summed E-state index contributed by atoms with van der Waals surface area (Å²) in [5.74, 6) is -0.612. The van der Waals surface area contributed by atoms with Crippen LogP contribution in [0.4, 0.5) is 10.1 Å². The molecule has 0 aliphatic carbocycles. The summed E-state index contributed by atoms with van der Waals surface area (Å²) in [7, 11) is -3.81. The second-order valence-electron chi connectivity index (χ2n) is 6.02. The van der Waals surface area contributed by atoms with Gasteiger partial charge in [0.2, 0.25) is 10.0 Å². The van der Waals surface area contributed by atoms with E-state index in [0.29, 0.717) is 12.1 Å². The zero-order valence-corrected chi connectivity index (χ0v) is 15.3. The normalized spacial score (nSPS) is 16.5. The fourth-order valence-corrected chi connectivity index (χ4v) is 3.75. The van der Waals surface area contributed by atoms with Crippen LogP contribution < -0.4 is 14.8 Å². The van der Waals surface area contributed by atoms with Crippen LogP contribution >= 0.6 is 11.6 Å². The molecule has 0 radical (unpaired) electrons. The summed E-state index contributed by atoms with van der Waals surface area (Å²) in [5.41, 5.74) is 1.33. The number of sulfonamides is 1. The lowest BCUT2D eigenvalue weighted by molar-refractivity contribution is -0.120. The quantitative estimate of drug-likeness (QED) is 0.856. The third-order valence-electron chi connectivity index (χ3n) is 4.11. The van der Waals surface area contributed by atoms with Crippen LogP contribution in [-0.2, 0) is 21.2 Å². The van der Waals surface area contributed by atoms with Gasteiger partial charge in [0, 0.05) is 11.7 Å². The third kappa shape index (κ3) is 3.67. The Morgan fingerprint density at radius 3 is 2.73 bits per heavy atom. The second kappa shape index (κ2) is 6.86. The number of fused-ring (bicyclic) bond motifs is 1. The van der Waals surface area contributed by atoms with Crippen LogP contribution in [0, 0.1) is 5.82 Å². The highest BCUT2D eigenvalue weighted by Crippen LogP contribution is 2.34. The Morgan fingerprint density at radius 2 is 2.08 bits per heavy atom. The monoisotopic (exact) mass is 398 g/mol. The smallest absolute Gasteiger partial charge is 0.265 e. The van der Waals surface area contributed by atoms with E-state index in [-0.39, 0.29) is 34.2 Å². The van der Waals surface area contributed by atoms with Crippen LogP contribution in [0.1, 0.15) is 12.5 Å². The number of anilines is 1. The van der Waals surface area contributed by atoms with Crippen LogP contribution in [0.15, 0.2) is 41.3 Å². The van der Waals surface area contributed by atoms with Crippen molar-refractivity contribution in [2.75, 3.05) is 11.5 Å². The SMILES string of the molecule is CC1Cc2cc(S(N)(=O)=O)ccc2N1C(=O)COc1ccc(F)cc1Cl. The van der Waals surface area contributed by atoms with Gasteiger partial charge in [-0.2, -0.15) is 0 Å². The van der Waals surface area contributed by atoms with Gasteiger partial charge in [-0.1, -0.05) is 11.6 Å². The molecule has 0 saturated carbocycles. The molecular weight excluding hydrogens is 383 g/mol. The van der Waals surface area contributed by atoms with Crippen molar-refractivity contribution in [3.8, 4) is 5.75 Å². The van der Waals surface area contributed by atoms with Gasteiger partial charge in [0.05, 0.1) is 9.92 Å². The number of rotatable bonds is 4. The molecular formula is C17H16ClFN2O4S. The van der Waals surface area contributed by atoms with E-state index < -0.39 is 15.8 Å². The fraction of sp³-hybridized carbons (Fsp3) is 0.235. The van der Waals surface area contributed by atoms with Gasteiger partial charge in [-0.05, 0) is 55.3 Å². The highest BCUT2D eigenvalue weighted by molar-refractivity contribution is 7.89. The Morgan fingerprint density at radius 1 is 1.35 bits per heavy atom. The molecule has 26 heavy (non-hydrogen) atoms. The number of carbonyl (C=O) groups excluding carboxylic acids is 1. The summed E-state index contributed by atoms with van der Waals surface area (Å²) >= 11 is 5.88. The third-order valence-corrected chi connectivity index (χ3v) is 5.32. The summed E-state index contributed by atoms with van der Waals surface area (Å²) in [6.07, 6.45) is 0.502. The lowest BCUT2D eigenvalue weighted by Gasteiger charge is -2.23. The molecule has 1 unspecified atom stereocenters. The zero-order valence-electron chi connectivity index (χ0n) is 13.8. The molecule has 2 aromatic carbocycles. The number of carbonyl (C=O) groups is 1. The van der Waals surface area contributed by atoms with Gasteiger partial charge in [-0.25, -0.2) is 17.9 Å². The predicted molar refractivity (Wildman–Crippen MR) is 95.4 cm³/mol. The number of hydrogen-bond acceptors (Lipinski definition) is 4. The van der Waals surface area contributed by atoms with Crippen molar-refractivity contribution in [2.24, 2.45) is 5.14 Å². The summed E-state index contributed by atoms with van der Waals surface area (Å²) < 4.78 is 41.4. The topological polar surface area (TPSA) is 89.7 Å². The minimum absolute atomic E-state index is 0.00657. The minimum Gasteiger partial charge on any atom is -0.482 e. The van der Waals surface area contributed by atoms with Crippen LogP contribution in [0.5, 0.6) is 5.75 Å². The van der Waals surface area contributed by atoms with Gasteiger partial charge >= 0.3 is 0 Å². The predicted octanol–water partition coefficient (Wildman–Crippen LogP) is 2.48.